The quantitative estimate of drug-likeness (QED) is 0.828. The van der Waals surface area contributed by atoms with Crippen LogP contribution in [0.2, 0.25) is 0 Å². The molecule has 2 aliphatic heterocycles. The minimum atomic E-state index is 0.250. The lowest BCUT2D eigenvalue weighted by Crippen LogP contribution is -2.42. The van der Waals surface area contributed by atoms with Gasteiger partial charge < -0.3 is 9.80 Å². The van der Waals surface area contributed by atoms with Crippen molar-refractivity contribution in [1.82, 2.24) is 14.9 Å². The molecule has 0 atom stereocenters. The fourth-order valence-electron chi connectivity index (χ4n) is 4.68. The van der Waals surface area contributed by atoms with Crippen LogP contribution in [0.3, 0.4) is 0 Å². The van der Waals surface area contributed by atoms with Gasteiger partial charge in [0.2, 0.25) is 5.91 Å². The van der Waals surface area contributed by atoms with Crippen LogP contribution in [0.1, 0.15) is 68.4 Å². The summed E-state index contributed by atoms with van der Waals surface area (Å²) >= 11 is 0. The summed E-state index contributed by atoms with van der Waals surface area (Å²) in [4.78, 5) is 27.0. The number of rotatable bonds is 2. The maximum atomic E-state index is 13.0. The van der Waals surface area contributed by atoms with E-state index in [1.807, 2.05) is 6.92 Å². The van der Waals surface area contributed by atoms with Gasteiger partial charge in [0.15, 0.2) is 0 Å². The molecule has 0 unspecified atom stereocenters. The van der Waals surface area contributed by atoms with Gasteiger partial charge in [0, 0.05) is 37.5 Å². The van der Waals surface area contributed by atoms with Crippen LogP contribution in [0.15, 0.2) is 0 Å². The molecule has 0 N–H and O–H groups in total. The fraction of sp³-hybridized carbons (Fsp3) is 0.750. The van der Waals surface area contributed by atoms with E-state index in [9.17, 15) is 4.79 Å². The second-order valence-electron chi connectivity index (χ2n) is 7.91. The van der Waals surface area contributed by atoms with Gasteiger partial charge in [-0.15, -0.1) is 0 Å². The van der Waals surface area contributed by atoms with Gasteiger partial charge >= 0.3 is 0 Å². The predicted octanol–water partition coefficient (Wildman–Crippen LogP) is 3.24. The number of amides is 1. The molecule has 2 fully saturated rings. The molecule has 1 saturated carbocycles. The molecule has 1 amide bonds. The van der Waals surface area contributed by atoms with E-state index in [0.29, 0.717) is 12.5 Å². The Morgan fingerprint density at radius 2 is 1.68 bits per heavy atom. The maximum absolute atomic E-state index is 13.0. The highest BCUT2D eigenvalue weighted by Crippen LogP contribution is 2.31. The van der Waals surface area contributed by atoms with Crippen LogP contribution in [0.4, 0.5) is 5.82 Å². The van der Waals surface area contributed by atoms with Gasteiger partial charge in [0.1, 0.15) is 11.6 Å². The third-order valence-corrected chi connectivity index (χ3v) is 6.07. The van der Waals surface area contributed by atoms with Crippen LogP contribution in [0.5, 0.6) is 0 Å². The number of aromatic nitrogens is 2. The van der Waals surface area contributed by atoms with Gasteiger partial charge in [-0.3, -0.25) is 4.79 Å². The Labute approximate surface area is 150 Å². The Morgan fingerprint density at radius 3 is 2.44 bits per heavy atom. The first-order valence-corrected chi connectivity index (χ1v) is 10.1. The normalized spacial score (nSPS) is 22.0. The average Bonchev–Trinajstić information content (AvgIpc) is 2.68. The van der Waals surface area contributed by atoms with Crippen LogP contribution in [0, 0.1) is 12.8 Å². The molecular formula is C20H30N4O. The number of anilines is 1. The number of hydrogen-bond acceptors (Lipinski definition) is 4. The van der Waals surface area contributed by atoms with Crippen molar-refractivity contribution in [2.24, 2.45) is 5.92 Å². The summed E-state index contributed by atoms with van der Waals surface area (Å²) < 4.78 is 0. The molecule has 136 valence electrons. The molecular weight excluding hydrogens is 312 g/mol. The Balaban J connectivity index is 1.57. The lowest BCUT2D eigenvalue weighted by Gasteiger charge is -2.36. The highest BCUT2D eigenvalue weighted by atomic mass is 16.2. The third kappa shape index (κ3) is 3.51. The summed E-state index contributed by atoms with van der Waals surface area (Å²) in [6.45, 7) is 5.68. The molecule has 1 aliphatic carbocycles. The van der Waals surface area contributed by atoms with Crippen molar-refractivity contribution in [3.05, 3.63) is 17.1 Å². The van der Waals surface area contributed by atoms with E-state index in [4.69, 9.17) is 9.97 Å². The minimum absolute atomic E-state index is 0.250. The van der Waals surface area contributed by atoms with Gasteiger partial charge in [0.05, 0.1) is 12.2 Å². The van der Waals surface area contributed by atoms with Crippen molar-refractivity contribution in [3.63, 3.8) is 0 Å². The fourth-order valence-corrected chi connectivity index (χ4v) is 4.68. The Kier molecular flexibility index (Phi) is 4.91. The Morgan fingerprint density at radius 1 is 0.960 bits per heavy atom. The van der Waals surface area contributed by atoms with E-state index in [1.165, 1.54) is 49.8 Å². The average molecular weight is 342 g/mol. The first-order chi connectivity index (χ1) is 12.2. The van der Waals surface area contributed by atoms with Crippen LogP contribution in [0.25, 0.3) is 0 Å². The SMILES string of the molecule is Cc1nc2c(c(N3CCCCC3)n1)CN(C(=O)C1CCCCC1)CC2. The van der Waals surface area contributed by atoms with E-state index in [2.05, 4.69) is 9.80 Å². The van der Waals surface area contributed by atoms with Crippen molar-refractivity contribution in [2.45, 2.75) is 71.3 Å². The monoisotopic (exact) mass is 342 g/mol. The first kappa shape index (κ1) is 16.8. The lowest BCUT2D eigenvalue weighted by molar-refractivity contribution is -0.137. The predicted molar refractivity (Wildman–Crippen MR) is 98.5 cm³/mol. The summed E-state index contributed by atoms with van der Waals surface area (Å²) in [5.41, 5.74) is 2.38. The molecule has 4 rings (SSSR count). The molecule has 1 saturated heterocycles. The van der Waals surface area contributed by atoms with Crippen molar-refractivity contribution in [2.75, 3.05) is 24.5 Å². The second kappa shape index (κ2) is 7.30. The molecule has 3 heterocycles. The molecule has 25 heavy (non-hydrogen) atoms. The maximum Gasteiger partial charge on any atom is 0.225 e. The third-order valence-electron chi connectivity index (χ3n) is 6.07. The zero-order valence-corrected chi connectivity index (χ0v) is 15.5. The molecule has 0 aromatic carbocycles. The number of aryl methyl sites for hydroxylation is 1. The summed E-state index contributed by atoms with van der Waals surface area (Å²) in [6, 6.07) is 0. The van der Waals surface area contributed by atoms with Crippen molar-refractivity contribution < 1.29 is 4.79 Å². The molecule has 0 bridgehead atoms. The molecule has 3 aliphatic rings. The number of carbonyl (C=O) groups excluding carboxylic acids is 1. The smallest absolute Gasteiger partial charge is 0.225 e. The van der Waals surface area contributed by atoms with Crippen LogP contribution in [-0.2, 0) is 17.8 Å². The highest BCUT2D eigenvalue weighted by Gasteiger charge is 2.31. The van der Waals surface area contributed by atoms with Gasteiger partial charge in [-0.25, -0.2) is 9.97 Å². The molecule has 5 nitrogen and oxygen atoms in total. The number of nitrogens with zero attached hydrogens (tertiary/aromatic N) is 4. The zero-order valence-electron chi connectivity index (χ0n) is 15.5. The Bertz CT molecular complexity index is 633. The molecule has 5 heteroatoms. The number of carbonyl (C=O) groups is 1. The zero-order chi connectivity index (χ0) is 17.2. The standard InChI is InChI=1S/C20H30N4O/c1-15-21-18-10-13-24(20(25)16-8-4-2-5-9-16)14-17(18)19(22-15)23-11-6-3-7-12-23/h16H,2-14H2,1H3. The lowest BCUT2D eigenvalue weighted by atomic mass is 9.87. The van der Waals surface area contributed by atoms with Crippen LogP contribution < -0.4 is 4.90 Å². The minimum Gasteiger partial charge on any atom is -0.356 e. The van der Waals surface area contributed by atoms with Crippen LogP contribution in [-0.4, -0.2) is 40.4 Å². The van der Waals surface area contributed by atoms with Crippen molar-refractivity contribution in [3.8, 4) is 0 Å². The summed E-state index contributed by atoms with van der Waals surface area (Å²) in [5, 5.41) is 0. The topological polar surface area (TPSA) is 49.3 Å². The van der Waals surface area contributed by atoms with E-state index in [-0.39, 0.29) is 5.92 Å². The summed E-state index contributed by atoms with van der Waals surface area (Å²) in [7, 11) is 0. The van der Waals surface area contributed by atoms with E-state index in [0.717, 1.165) is 50.5 Å². The number of fused-ring (bicyclic) bond motifs is 1. The van der Waals surface area contributed by atoms with E-state index < -0.39 is 0 Å². The largest absolute Gasteiger partial charge is 0.356 e. The molecule has 1 aromatic rings. The van der Waals surface area contributed by atoms with Crippen LogP contribution >= 0.6 is 0 Å². The van der Waals surface area contributed by atoms with E-state index >= 15 is 0 Å². The first-order valence-electron chi connectivity index (χ1n) is 10.1. The molecule has 0 radical (unpaired) electrons. The summed E-state index contributed by atoms with van der Waals surface area (Å²) in [6.07, 6.45) is 10.5. The van der Waals surface area contributed by atoms with Gasteiger partial charge in [-0.05, 0) is 39.0 Å². The van der Waals surface area contributed by atoms with Crippen molar-refractivity contribution in [1.29, 1.82) is 0 Å². The van der Waals surface area contributed by atoms with Crippen molar-refractivity contribution >= 4 is 11.7 Å². The highest BCUT2D eigenvalue weighted by molar-refractivity contribution is 5.79. The van der Waals surface area contributed by atoms with Gasteiger partial charge in [-0.1, -0.05) is 19.3 Å². The Hall–Kier alpha value is -1.65. The molecule has 1 aromatic heterocycles. The second-order valence-corrected chi connectivity index (χ2v) is 7.91. The van der Waals surface area contributed by atoms with Gasteiger partial charge in [-0.2, -0.15) is 0 Å². The summed E-state index contributed by atoms with van der Waals surface area (Å²) in [5.74, 6) is 2.59. The van der Waals surface area contributed by atoms with E-state index in [1.54, 1.807) is 0 Å². The van der Waals surface area contributed by atoms with Gasteiger partial charge in [0.25, 0.3) is 0 Å². The molecule has 0 spiro atoms. The number of piperidine rings is 1. The number of hydrogen-bond donors (Lipinski definition) is 0.